The quantitative estimate of drug-likeness (QED) is 0.750. The maximum absolute atomic E-state index is 11.7. The van der Waals surface area contributed by atoms with Gasteiger partial charge in [-0.1, -0.05) is 13.0 Å². The molecule has 0 saturated heterocycles. The number of carbonyl (C=O) groups excluding carboxylic acids is 1. The van der Waals surface area contributed by atoms with Gasteiger partial charge in [-0.3, -0.25) is 4.98 Å². The van der Waals surface area contributed by atoms with Gasteiger partial charge in [-0.25, -0.2) is 4.79 Å². The summed E-state index contributed by atoms with van der Waals surface area (Å²) in [6, 6.07) is 3.67. The van der Waals surface area contributed by atoms with E-state index in [4.69, 9.17) is 4.74 Å². The monoisotopic (exact) mass is 249 g/mol. The Kier molecular flexibility index (Phi) is 5.78. The second-order valence-electron chi connectivity index (χ2n) is 3.95. The second-order valence-corrected chi connectivity index (χ2v) is 3.95. The van der Waals surface area contributed by atoms with E-state index in [2.05, 4.69) is 4.98 Å². The van der Waals surface area contributed by atoms with Crippen molar-refractivity contribution in [2.24, 2.45) is 0 Å². The first-order chi connectivity index (χ1) is 8.62. The Labute approximate surface area is 108 Å². The molecule has 4 nitrogen and oxygen atoms in total. The normalized spacial score (nSPS) is 13.9. The third kappa shape index (κ3) is 4.11. The van der Waals surface area contributed by atoms with Gasteiger partial charge in [-0.05, 0) is 37.8 Å². The lowest BCUT2D eigenvalue weighted by atomic mass is 9.91. The minimum Gasteiger partial charge on any atom is -0.464 e. The van der Waals surface area contributed by atoms with Crippen molar-refractivity contribution in [1.82, 2.24) is 4.98 Å². The lowest BCUT2D eigenvalue weighted by Gasteiger charge is -2.24. The number of carbonyl (C=O) groups is 1. The van der Waals surface area contributed by atoms with Crippen LogP contribution in [0.4, 0.5) is 0 Å². The molecule has 2 radical (unpaired) electrons. The smallest absolute Gasteiger partial charge is 0.338 e. The highest BCUT2D eigenvalue weighted by atomic mass is 16.5. The van der Waals surface area contributed by atoms with Crippen molar-refractivity contribution in [3.63, 3.8) is 0 Å². The molecule has 1 unspecified atom stereocenters. The number of rotatable bonds is 7. The van der Waals surface area contributed by atoms with Crippen LogP contribution < -0.4 is 0 Å². The van der Waals surface area contributed by atoms with Crippen LogP contribution in [0.15, 0.2) is 24.5 Å². The van der Waals surface area contributed by atoms with Crippen LogP contribution in [0, 0.1) is 12.8 Å². The summed E-state index contributed by atoms with van der Waals surface area (Å²) in [5.41, 5.74) is -0.689. The fraction of sp³-hybridized carbons (Fsp3) is 0.429. The van der Waals surface area contributed by atoms with Gasteiger partial charge in [0.05, 0.1) is 6.61 Å². The molecule has 0 aromatic carbocycles. The van der Waals surface area contributed by atoms with E-state index in [0.717, 1.165) is 5.56 Å². The largest absolute Gasteiger partial charge is 0.464 e. The van der Waals surface area contributed by atoms with Crippen molar-refractivity contribution in [3.05, 3.63) is 42.9 Å². The average molecular weight is 249 g/mol. The van der Waals surface area contributed by atoms with Gasteiger partial charge in [0.15, 0.2) is 5.60 Å². The molecule has 0 spiro atoms. The van der Waals surface area contributed by atoms with Crippen LogP contribution in [0.3, 0.4) is 0 Å². The van der Waals surface area contributed by atoms with E-state index in [1.54, 1.807) is 38.2 Å². The lowest BCUT2D eigenvalue weighted by Crippen LogP contribution is -2.40. The first-order valence-corrected chi connectivity index (χ1v) is 6.09. The van der Waals surface area contributed by atoms with Crippen molar-refractivity contribution in [3.8, 4) is 0 Å². The Balaban J connectivity index is 2.65. The molecule has 0 aliphatic heterocycles. The molecule has 1 aromatic rings. The predicted molar refractivity (Wildman–Crippen MR) is 68.4 cm³/mol. The zero-order chi connectivity index (χ0) is 13.4. The highest BCUT2D eigenvalue weighted by Gasteiger charge is 2.36. The number of hydrogen-bond acceptors (Lipinski definition) is 4. The van der Waals surface area contributed by atoms with E-state index < -0.39 is 11.6 Å². The Morgan fingerprint density at radius 2 is 2.33 bits per heavy atom. The maximum Gasteiger partial charge on any atom is 0.338 e. The number of aliphatic hydroxyl groups is 1. The second kappa shape index (κ2) is 7.11. The Morgan fingerprint density at radius 3 is 2.89 bits per heavy atom. The summed E-state index contributed by atoms with van der Waals surface area (Å²) in [4.78, 5) is 15.7. The molecule has 1 aromatic heterocycles. The Hall–Kier alpha value is -1.42. The predicted octanol–water partition coefficient (Wildman–Crippen LogP) is 1.93. The molecule has 0 bridgehead atoms. The zero-order valence-corrected chi connectivity index (χ0v) is 10.8. The molecule has 4 heteroatoms. The molecule has 0 amide bonds. The standard InChI is InChI=1S/C14H19NO3/c1-3-8-14(17,13(16)18-4-2)9-7-12-6-5-10-15-11-12/h5-8,10-11,17H,3-4,9H2,1-2H3. The number of aromatic nitrogens is 1. The van der Waals surface area contributed by atoms with Crippen LogP contribution >= 0.6 is 0 Å². The maximum atomic E-state index is 11.7. The summed E-state index contributed by atoms with van der Waals surface area (Å²) in [5, 5.41) is 10.3. The number of esters is 1. The van der Waals surface area contributed by atoms with Crippen LogP contribution in [-0.4, -0.2) is 28.3 Å². The van der Waals surface area contributed by atoms with E-state index in [9.17, 15) is 9.90 Å². The molecule has 0 aliphatic rings. The highest BCUT2D eigenvalue weighted by Crippen LogP contribution is 2.22. The molecule has 1 atom stereocenters. The van der Waals surface area contributed by atoms with E-state index in [0.29, 0.717) is 6.42 Å². The van der Waals surface area contributed by atoms with Crippen LogP contribution in [0.1, 0.15) is 32.3 Å². The van der Waals surface area contributed by atoms with Crippen LogP contribution in [-0.2, 0) is 9.53 Å². The molecule has 1 heterocycles. The Morgan fingerprint density at radius 1 is 1.56 bits per heavy atom. The van der Waals surface area contributed by atoms with Gasteiger partial charge in [0.1, 0.15) is 0 Å². The number of nitrogens with zero attached hydrogens (tertiary/aromatic N) is 1. The van der Waals surface area contributed by atoms with Crippen molar-refractivity contribution in [2.75, 3.05) is 6.61 Å². The molecule has 1 rings (SSSR count). The summed E-state index contributed by atoms with van der Waals surface area (Å²) in [5.74, 6) is -0.605. The van der Waals surface area contributed by atoms with Crippen LogP contribution in [0.25, 0.3) is 0 Å². The van der Waals surface area contributed by atoms with E-state index in [1.165, 1.54) is 0 Å². The fourth-order valence-electron chi connectivity index (χ4n) is 1.61. The van der Waals surface area contributed by atoms with Crippen molar-refractivity contribution in [2.45, 2.75) is 32.3 Å². The molecule has 1 N–H and O–H groups in total. The van der Waals surface area contributed by atoms with Gasteiger partial charge in [-0.15, -0.1) is 0 Å². The molecule has 0 aliphatic carbocycles. The van der Waals surface area contributed by atoms with E-state index >= 15 is 0 Å². The average Bonchev–Trinajstić information content (AvgIpc) is 2.38. The van der Waals surface area contributed by atoms with E-state index in [-0.39, 0.29) is 13.0 Å². The number of hydrogen-bond donors (Lipinski definition) is 1. The summed E-state index contributed by atoms with van der Waals surface area (Å²) in [6.45, 7) is 3.84. The van der Waals surface area contributed by atoms with Crippen molar-refractivity contribution in [1.29, 1.82) is 0 Å². The number of pyridine rings is 1. The fourth-order valence-corrected chi connectivity index (χ4v) is 1.61. The summed E-state index contributed by atoms with van der Waals surface area (Å²) in [6.07, 6.45) is 7.47. The van der Waals surface area contributed by atoms with Gasteiger partial charge in [0.25, 0.3) is 0 Å². The summed E-state index contributed by atoms with van der Waals surface area (Å²) < 4.78 is 4.89. The zero-order valence-electron chi connectivity index (χ0n) is 10.8. The first-order valence-electron chi connectivity index (χ1n) is 6.09. The lowest BCUT2D eigenvalue weighted by molar-refractivity contribution is -0.161. The third-order valence-electron chi connectivity index (χ3n) is 2.50. The van der Waals surface area contributed by atoms with E-state index in [1.807, 2.05) is 13.0 Å². The molecule has 0 fully saturated rings. The minimum atomic E-state index is -1.55. The van der Waals surface area contributed by atoms with Gasteiger partial charge < -0.3 is 9.84 Å². The van der Waals surface area contributed by atoms with Gasteiger partial charge in [0.2, 0.25) is 0 Å². The van der Waals surface area contributed by atoms with Crippen molar-refractivity contribution >= 4 is 5.97 Å². The van der Waals surface area contributed by atoms with Crippen LogP contribution in [0.2, 0.25) is 0 Å². The SMILES string of the molecule is CC[CH]C(O)(C[CH]c1cccnc1)C(=O)OCC. The van der Waals surface area contributed by atoms with Gasteiger partial charge in [0, 0.05) is 18.8 Å². The first kappa shape index (κ1) is 14.6. The van der Waals surface area contributed by atoms with Crippen LogP contribution in [0.5, 0.6) is 0 Å². The minimum absolute atomic E-state index is 0.186. The topological polar surface area (TPSA) is 59.4 Å². The van der Waals surface area contributed by atoms with Gasteiger partial charge in [-0.2, -0.15) is 0 Å². The molecule has 98 valence electrons. The van der Waals surface area contributed by atoms with Crippen molar-refractivity contribution < 1.29 is 14.6 Å². The Bertz CT molecular complexity index is 367. The third-order valence-corrected chi connectivity index (χ3v) is 2.50. The molecule has 18 heavy (non-hydrogen) atoms. The van der Waals surface area contributed by atoms with Gasteiger partial charge >= 0.3 is 5.97 Å². The molecular formula is C14H19NO3. The molecular weight excluding hydrogens is 230 g/mol. The summed E-state index contributed by atoms with van der Waals surface area (Å²) in [7, 11) is 0. The highest BCUT2D eigenvalue weighted by molar-refractivity contribution is 5.81. The number of ether oxygens (including phenoxy) is 1. The molecule has 0 saturated carbocycles. The summed E-state index contributed by atoms with van der Waals surface area (Å²) >= 11 is 0.